The topological polar surface area (TPSA) is 69.0 Å². The second-order valence-electron chi connectivity index (χ2n) is 5.72. The highest BCUT2D eigenvalue weighted by atomic mass is 32.1. The van der Waals surface area contributed by atoms with Crippen LogP contribution in [0.25, 0.3) is 0 Å². The molecule has 0 fully saturated rings. The standard InChI is InChI=1S/C20H19NO5S/c1-14-18(9-10-25-14)20(23)26-13-19(22)21(12-17-4-3-11-27-17)15-5-7-16(24-2)8-6-15/h3-11H,12-13H2,1-2H3. The minimum atomic E-state index is -0.583. The number of nitrogens with zero attached hydrogens (tertiary/aromatic N) is 1. The molecule has 0 aliphatic rings. The number of esters is 1. The summed E-state index contributed by atoms with van der Waals surface area (Å²) >= 11 is 1.56. The van der Waals surface area contributed by atoms with Gasteiger partial charge in [0.15, 0.2) is 6.61 Å². The van der Waals surface area contributed by atoms with Gasteiger partial charge in [-0.15, -0.1) is 11.3 Å². The van der Waals surface area contributed by atoms with Crippen LogP contribution in [0.15, 0.2) is 58.5 Å². The van der Waals surface area contributed by atoms with E-state index in [9.17, 15) is 9.59 Å². The van der Waals surface area contributed by atoms with Crippen LogP contribution in [0.4, 0.5) is 5.69 Å². The van der Waals surface area contributed by atoms with Crippen LogP contribution >= 0.6 is 11.3 Å². The van der Waals surface area contributed by atoms with Crippen molar-refractivity contribution in [2.24, 2.45) is 0 Å². The fourth-order valence-corrected chi connectivity index (χ4v) is 3.22. The predicted molar refractivity (Wildman–Crippen MR) is 102 cm³/mol. The lowest BCUT2D eigenvalue weighted by atomic mass is 10.2. The maximum absolute atomic E-state index is 12.8. The number of anilines is 1. The Hall–Kier alpha value is -3.06. The summed E-state index contributed by atoms with van der Waals surface area (Å²) in [6.45, 7) is 1.70. The van der Waals surface area contributed by atoms with Gasteiger partial charge in [0.25, 0.3) is 5.91 Å². The molecule has 2 aromatic heterocycles. The molecule has 140 valence electrons. The number of hydrogen-bond donors (Lipinski definition) is 0. The summed E-state index contributed by atoms with van der Waals surface area (Å²) in [7, 11) is 1.58. The van der Waals surface area contributed by atoms with E-state index in [1.165, 1.54) is 12.3 Å². The molecule has 27 heavy (non-hydrogen) atoms. The van der Waals surface area contributed by atoms with E-state index in [0.717, 1.165) is 4.88 Å². The minimum Gasteiger partial charge on any atom is -0.497 e. The summed E-state index contributed by atoms with van der Waals surface area (Å²) in [5.74, 6) is 0.255. The first-order valence-electron chi connectivity index (χ1n) is 8.26. The van der Waals surface area contributed by atoms with Gasteiger partial charge < -0.3 is 18.8 Å². The molecule has 0 spiro atoms. The van der Waals surface area contributed by atoms with E-state index >= 15 is 0 Å². The van der Waals surface area contributed by atoms with Crippen molar-refractivity contribution in [2.75, 3.05) is 18.6 Å². The van der Waals surface area contributed by atoms with Crippen LogP contribution < -0.4 is 9.64 Å². The number of carbonyl (C=O) groups excluding carboxylic acids is 2. The number of rotatable bonds is 7. The molecule has 1 aromatic carbocycles. The number of hydrogen-bond acceptors (Lipinski definition) is 6. The SMILES string of the molecule is COc1ccc(N(Cc2cccs2)C(=O)COC(=O)c2ccoc2C)cc1. The van der Waals surface area contributed by atoms with Crippen molar-refractivity contribution < 1.29 is 23.5 Å². The maximum Gasteiger partial charge on any atom is 0.342 e. The van der Waals surface area contributed by atoms with Gasteiger partial charge in [0.2, 0.25) is 0 Å². The number of thiophene rings is 1. The highest BCUT2D eigenvalue weighted by Gasteiger charge is 2.20. The number of benzene rings is 1. The van der Waals surface area contributed by atoms with Crippen LogP contribution in [0.2, 0.25) is 0 Å². The highest BCUT2D eigenvalue weighted by Crippen LogP contribution is 2.23. The molecule has 0 bridgehead atoms. The molecule has 0 saturated carbocycles. The molecular formula is C20H19NO5S. The predicted octanol–water partition coefficient (Wildman–Crippen LogP) is 4.05. The van der Waals surface area contributed by atoms with Crippen LogP contribution in [0.3, 0.4) is 0 Å². The molecule has 7 heteroatoms. The van der Waals surface area contributed by atoms with Gasteiger partial charge in [-0.1, -0.05) is 6.07 Å². The van der Waals surface area contributed by atoms with Crippen LogP contribution in [-0.2, 0) is 16.1 Å². The monoisotopic (exact) mass is 385 g/mol. The van der Waals surface area contributed by atoms with Gasteiger partial charge in [0, 0.05) is 10.6 Å². The third kappa shape index (κ3) is 4.57. The fourth-order valence-electron chi connectivity index (χ4n) is 2.52. The van der Waals surface area contributed by atoms with E-state index in [-0.39, 0.29) is 12.5 Å². The zero-order valence-corrected chi connectivity index (χ0v) is 15.8. The van der Waals surface area contributed by atoms with Gasteiger partial charge in [-0.05, 0) is 48.7 Å². The first kappa shape index (κ1) is 18.7. The van der Waals surface area contributed by atoms with E-state index in [1.807, 2.05) is 17.5 Å². The molecule has 0 N–H and O–H groups in total. The second kappa shape index (κ2) is 8.55. The van der Waals surface area contributed by atoms with Crippen molar-refractivity contribution in [3.63, 3.8) is 0 Å². The van der Waals surface area contributed by atoms with Crippen LogP contribution in [0.5, 0.6) is 5.75 Å². The molecule has 0 atom stereocenters. The van der Waals surface area contributed by atoms with Crippen molar-refractivity contribution in [2.45, 2.75) is 13.5 Å². The number of methoxy groups -OCH3 is 1. The van der Waals surface area contributed by atoms with Gasteiger partial charge in [0.05, 0.1) is 19.9 Å². The third-order valence-corrected chi connectivity index (χ3v) is 4.85. The van der Waals surface area contributed by atoms with Crippen molar-refractivity contribution in [3.05, 3.63) is 70.3 Å². The van der Waals surface area contributed by atoms with Gasteiger partial charge in [-0.2, -0.15) is 0 Å². The van der Waals surface area contributed by atoms with E-state index in [0.29, 0.717) is 29.3 Å². The third-order valence-electron chi connectivity index (χ3n) is 3.98. The Morgan fingerprint density at radius 3 is 2.52 bits per heavy atom. The van der Waals surface area contributed by atoms with Crippen molar-refractivity contribution in [3.8, 4) is 5.75 Å². The molecule has 0 radical (unpaired) electrons. The fraction of sp³-hybridized carbons (Fsp3) is 0.200. The summed E-state index contributed by atoms with van der Waals surface area (Å²) < 4.78 is 15.4. The molecular weight excluding hydrogens is 366 g/mol. The summed E-state index contributed by atoms with van der Waals surface area (Å²) in [4.78, 5) is 27.5. The van der Waals surface area contributed by atoms with E-state index < -0.39 is 5.97 Å². The summed E-state index contributed by atoms with van der Waals surface area (Å²) in [5, 5.41) is 1.95. The first-order chi connectivity index (χ1) is 13.1. The highest BCUT2D eigenvalue weighted by molar-refractivity contribution is 7.09. The largest absolute Gasteiger partial charge is 0.497 e. The van der Waals surface area contributed by atoms with Gasteiger partial charge in [-0.25, -0.2) is 4.79 Å². The lowest BCUT2D eigenvalue weighted by molar-refractivity contribution is -0.121. The normalized spacial score (nSPS) is 10.4. The number of aryl methyl sites for hydroxylation is 1. The number of carbonyl (C=O) groups is 2. The first-order valence-corrected chi connectivity index (χ1v) is 9.14. The lowest BCUT2D eigenvalue weighted by Crippen LogP contribution is -2.34. The quantitative estimate of drug-likeness (QED) is 0.574. The Kier molecular flexibility index (Phi) is 5.93. The van der Waals surface area contributed by atoms with Crippen molar-refractivity contribution in [1.82, 2.24) is 0 Å². The van der Waals surface area contributed by atoms with E-state index in [1.54, 1.807) is 54.5 Å². The average Bonchev–Trinajstić information content (AvgIpc) is 3.35. The van der Waals surface area contributed by atoms with Gasteiger partial charge >= 0.3 is 5.97 Å². The Labute approximate surface area is 160 Å². The number of furan rings is 1. The Morgan fingerprint density at radius 2 is 1.93 bits per heavy atom. The number of ether oxygens (including phenoxy) is 2. The maximum atomic E-state index is 12.8. The van der Waals surface area contributed by atoms with Crippen LogP contribution in [-0.4, -0.2) is 25.6 Å². The average molecular weight is 385 g/mol. The zero-order valence-electron chi connectivity index (χ0n) is 15.0. The van der Waals surface area contributed by atoms with E-state index in [4.69, 9.17) is 13.9 Å². The molecule has 3 aromatic rings. The summed E-state index contributed by atoms with van der Waals surface area (Å²) in [6, 6.07) is 12.6. The lowest BCUT2D eigenvalue weighted by Gasteiger charge is -2.22. The van der Waals surface area contributed by atoms with Gasteiger partial charge in [0.1, 0.15) is 17.1 Å². The second-order valence-corrected chi connectivity index (χ2v) is 6.76. The van der Waals surface area contributed by atoms with Crippen LogP contribution in [0.1, 0.15) is 21.0 Å². The molecule has 1 amide bonds. The Morgan fingerprint density at radius 1 is 1.15 bits per heavy atom. The molecule has 2 heterocycles. The number of amides is 1. The van der Waals surface area contributed by atoms with Gasteiger partial charge in [-0.3, -0.25) is 4.79 Å². The molecule has 0 unspecified atom stereocenters. The molecule has 6 nitrogen and oxygen atoms in total. The molecule has 0 saturated heterocycles. The van der Waals surface area contributed by atoms with Crippen LogP contribution in [0, 0.1) is 6.92 Å². The van der Waals surface area contributed by atoms with E-state index in [2.05, 4.69) is 0 Å². The smallest absolute Gasteiger partial charge is 0.342 e. The summed E-state index contributed by atoms with van der Waals surface area (Å²) in [6.07, 6.45) is 1.41. The zero-order chi connectivity index (χ0) is 19.2. The minimum absolute atomic E-state index is 0.317. The molecule has 3 rings (SSSR count). The molecule has 0 aliphatic carbocycles. The Balaban J connectivity index is 1.73. The summed E-state index contributed by atoms with van der Waals surface area (Å²) in [5.41, 5.74) is 1.02. The Bertz CT molecular complexity index is 899. The van der Waals surface area contributed by atoms with Crippen molar-refractivity contribution in [1.29, 1.82) is 0 Å². The van der Waals surface area contributed by atoms with Crippen molar-refractivity contribution >= 4 is 28.9 Å². The molecule has 0 aliphatic heterocycles.